The monoisotopic (exact) mass is 461 g/mol. The molecule has 1 aliphatic rings. The summed E-state index contributed by atoms with van der Waals surface area (Å²) in [5.41, 5.74) is 0.980. The van der Waals surface area contributed by atoms with E-state index in [1.165, 1.54) is 29.3 Å². The van der Waals surface area contributed by atoms with Crippen molar-refractivity contribution in [3.8, 4) is 5.75 Å². The van der Waals surface area contributed by atoms with Crippen molar-refractivity contribution in [2.24, 2.45) is 0 Å². The van der Waals surface area contributed by atoms with Crippen LogP contribution in [0.25, 0.3) is 0 Å². The molecule has 1 heterocycles. The van der Waals surface area contributed by atoms with Crippen LogP contribution in [0, 0.1) is 5.82 Å². The standard InChI is InChI=1S/C27H28FN3O3/c1-34-23-14-7-9-19(17-23)25(26(32)30-21-11-3-2-4-12-21)31(22-13-8-10-20(28)18-22)27(33)24-15-5-6-16-29-24/h5-10,13-18,21,25H,2-4,11-12H2,1H3,(H,30,32)/t25-/m0/s1. The lowest BCUT2D eigenvalue weighted by atomic mass is 9.94. The number of hydrogen-bond acceptors (Lipinski definition) is 4. The molecule has 176 valence electrons. The second-order valence-corrected chi connectivity index (χ2v) is 8.39. The number of rotatable bonds is 7. The molecule has 7 heteroatoms. The number of carbonyl (C=O) groups excluding carboxylic acids is 2. The van der Waals surface area contributed by atoms with Crippen LogP contribution in [0.15, 0.2) is 72.9 Å². The molecule has 0 bridgehead atoms. The number of anilines is 1. The Morgan fingerprint density at radius 3 is 2.53 bits per heavy atom. The van der Waals surface area contributed by atoms with E-state index in [-0.39, 0.29) is 23.3 Å². The predicted molar refractivity (Wildman–Crippen MR) is 128 cm³/mol. The summed E-state index contributed by atoms with van der Waals surface area (Å²) < 4.78 is 19.7. The Morgan fingerprint density at radius 1 is 1.03 bits per heavy atom. The summed E-state index contributed by atoms with van der Waals surface area (Å²) in [7, 11) is 1.54. The minimum absolute atomic E-state index is 0.0358. The number of ether oxygens (including phenoxy) is 1. The third-order valence-electron chi connectivity index (χ3n) is 6.06. The molecule has 1 atom stereocenters. The largest absolute Gasteiger partial charge is 0.497 e. The second-order valence-electron chi connectivity index (χ2n) is 8.39. The zero-order valence-electron chi connectivity index (χ0n) is 19.1. The van der Waals surface area contributed by atoms with Crippen LogP contribution in [0.1, 0.15) is 54.2 Å². The molecule has 0 saturated heterocycles. The molecule has 0 spiro atoms. The molecule has 1 N–H and O–H groups in total. The van der Waals surface area contributed by atoms with Crippen molar-refractivity contribution in [3.63, 3.8) is 0 Å². The number of carbonyl (C=O) groups is 2. The van der Waals surface area contributed by atoms with Gasteiger partial charge in [0.25, 0.3) is 5.91 Å². The summed E-state index contributed by atoms with van der Waals surface area (Å²) in [6.45, 7) is 0. The van der Waals surface area contributed by atoms with Crippen molar-refractivity contribution in [2.75, 3.05) is 12.0 Å². The molecule has 1 aliphatic carbocycles. The summed E-state index contributed by atoms with van der Waals surface area (Å²) in [4.78, 5) is 33.0. The molecule has 0 radical (unpaired) electrons. The average molecular weight is 462 g/mol. The van der Waals surface area contributed by atoms with Crippen molar-refractivity contribution in [1.82, 2.24) is 10.3 Å². The lowest BCUT2D eigenvalue weighted by Crippen LogP contribution is -2.47. The first-order valence-electron chi connectivity index (χ1n) is 11.5. The van der Waals surface area contributed by atoms with E-state index in [1.54, 1.807) is 55.6 Å². The van der Waals surface area contributed by atoms with Crippen LogP contribution in [0.2, 0.25) is 0 Å². The van der Waals surface area contributed by atoms with E-state index in [1.807, 2.05) is 0 Å². The Morgan fingerprint density at radius 2 is 1.82 bits per heavy atom. The Bertz CT molecular complexity index is 1130. The van der Waals surface area contributed by atoms with E-state index < -0.39 is 17.8 Å². The number of hydrogen-bond donors (Lipinski definition) is 1. The van der Waals surface area contributed by atoms with Crippen LogP contribution < -0.4 is 15.0 Å². The highest BCUT2D eigenvalue weighted by Crippen LogP contribution is 2.32. The lowest BCUT2D eigenvalue weighted by Gasteiger charge is -2.33. The molecule has 0 aliphatic heterocycles. The van der Waals surface area contributed by atoms with E-state index in [0.29, 0.717) is 11.3 Å². The smallest absolute Gasteiger partial charge is 0.277 e. The first-order valence-corrected chi connectivity index (χ1v) is 11.5. The number of amides is 2. The molecule has 1 saturated carbocycles. The van der Waals surface area contributed by atoms with Gasteiger partial charge in [-0.15, -0.1) is 0 Å². The van der Waals surface area contributed by atoms with Gasteiger partial charge in [0.15, 0.2) is 0 Å². The SMILES string of the molecule is COc1cccc([C@@H](C(=O)NC2CCCCC2)N(C(=O)c2ccccn2)c2cccc(F)c2)c1. The molecule has 0 unspecified atom stereocenters. The molecular formula is C27H28FN3O3. The van der Waals surface area contributed by atoms with Crippen LogP contribution in [0.3, 0.4) is 0 Å². The lowest BCUT2D eigenvalue weighted by molar-refractivity contribution is -0.123. The van der Waals surface area contributed by atoms with Crippen molar-refractivity contribution in [1.29, 1.82) is 0 Å². The van der Waals surface area contributed by atoms with Crippen LogP contribution >= 0.6 is 0 Å². The highest BCUT2D eigenvalue weighted by atomic mass is 19.1. The molecule has 1 fully saturated rings. The third-order valence-corrected chi connectivity index (χ3v) is 6.06. The molecule has 6 nitrogen and oxygen atoms in total. The number of methoxy groups -OCH3 is 1. The molecular weight excluding hydrogens is 433 g/mol. The second kappa shape index (κ2) is 10.9. The fraction of sp³-hybridized carbons (Fsp3) is 0.296. The van der Waals surface area contributed by atoms with Gasteiger partial charge >= 0.3 is 0 Å². The maximum Gasteiger partial charge on any atom is 0.277 e. The topological polar surface area (TPSA) is 71.5 Å². The highest BCUT2D eigenvalue weighted by molar-refractivity contribution is 6.09. The predicted octanol–water partition coefficient (Wildman–Crippen LogP) is 5.07. The fourth-order valence-electron chi connectivity index (χ4n) is 4.38. The molecule has 4 rings (SSSR count). The van der Waals surface area contributed by atoms with Gasteiger partial charge in [-0.25, -0.2) is 4.39 Å². The zero-order valence-corrected chi connectivity index (χ0v) is 19.1. The summed E-state index contributed by atoms with van der Waals surface area (Å²) in [5.74, 6) is -0.780. The minimum atomic E-state index is -1.05. The van der Waals surface area contributed by atoms with Gasteiger partial charge in [-0.3, -0.25) is 19.5 Å². The Hall–Kier alpha value is -3.74. The zero-order chi connectivity index (χ0) is 23.9. The molecule has 1 aromatic heterocycles. The molecule has 2 aromatic carbocycles. The first kappa shape index (κ1) is 23.4. The van der Waals surface area contributed by atoms with Gasteiger partial charge in [0.05, 0.1) is 7.11 Å². The van der Waals surface area contributed by atoms with Gasteiger partial charge in [-0.05, 0) is 60.9 Å². The van der Waals surface area contributed by atoms with Gasteiger partial charge in [0, 0.05) is 17.9 Å². The number of nitrogens with zero attached hydrogens (tertiary/aromatic N) is 2. The van der Waals surface area contributed by atoms with Crippen molar-refractivity contribution >= 4 is 17.5 Å². The minimum Gasteiger partial charge on any atom is -0.497 e. The van der Waals surface area contributed by atoms with Gasteiger partial charge in [-0.1, -0.05) is 43.5 Å². The van der Waals surface area contributed by atoms with E-state index >= 15 is 0 Å². The Balaban J connectivity index is 1.82. The Kier molecular flexibility index (Phi) is 7.52. The fourth-order valence-corrected chi connectivity index (χ4v) is 4.38. The van der Waals surface area contributed by atoms with E-state index in [9.17, 15) is 14.0 Å². The van der Waals surface area contributed by atoms with E-state index in [0.717, 1.165) is 32.1 Å². The van der Waals surface area contributed by atoms with Gasteiger partial charge in [0.2, 0.25) is 5.91 Å². The quantitative estimate of drug-likeness (QED) is 0.534. The average Bonchev–Trinajstić information content (AvgIpc) is 2.88. The number of nitrogens with one attached hydrogen (secondary N) is 1. The van der Waals surface area contributed by atoms with Crippen LogP contribution in [-0.2, 0) is 4.79 Å². The summed E-state index contributed by atoms with van der Waals surface area (Å²) in [6.07, 6.45) is 6.55. The number of aromatic nitrogens is 1. The van der Waals surface area contributed by atoms with E-state index in [4.69, 9.17) is 4.74 Å². The molecule has 3 aromatic rings. The normalized spacial score (nSPS) is 14.8. The number of pyridine rings is 1. The van der Waals surface area contributed by atoms with Crippen LogP contribution in [0.5, 0.6) is 5.75 Å². The first-order chi connectivity index (χ1) is 16.6. The maximum absolute atomic E-state index is 14.3. The summed E-state index contributed by atoms with van der Waals surface area (Å²) in [5, 5.41) is 3.14. The summed E-state index contributed by atoms with van der Waals surface area (Å²) in [6, 6.07) is 16.7. The van der Waals surface area contributed by atoms with Crippen molar-refractivity contribution in [3.05, 3.63) is 90.0 Å². The Labute approximate surface area is 198 Å². The van der Waals surface area contributed by atoms with Gasteiger partial charge in [-0.2, -0.15) is 0 Å². The molecule has 2 amide bonds. The van der Waals surface area contributed by atoms with Gasteiger partial charge < -0.3 is 10.1 Å². The highest BCUT2D eigenvalue weighted by Gasteiger charge is 2.35. The molecule has 34 heavy (non-hydrogen) atoms. The van der Waals surface area contributed by atoms with Gasteiger partial charge in [0.1, 0.15) is 23.3 Å². The van der Waals surface area contributed by atoms with Crippen molar-refractivity contribution < 1.29 is 18.7 Å². The maximum atomic E-state index is 14.3. The van der Waals surface area contributed by atoms with Crippen LogP contribution in [-0.4, -0.2) is 29.9 Å². The number of halogens is 1. The van der Waals surface area contributed by atoms with Crippen LogP contribution in [0.4, 0.5) is 10.1 Å². The summed E-state index contributed by atoms with van der Waals surface area (Å²) >= 11 is 0. The van der Waals surface area contributed by atoms with Crippen molar-refractivity contribution in [2.45, 2.75) is 44.2 Å². The third kappa shape index (κ3) is 5.42. The number of benzene rings is 2. The van der Waals surface area contributed by atoms with E-state index in [2.05, 4.69) is 10.3 Å².